The topological polar surface area (TPSA) is 34.1 Å². The van der Waals surface area contributed by atoms with E-state index in [9.17, 15) is 0 Å². The fourth-order valence-electron chi connectivity index (χ4n) is 2.69. The van der Waals surface area contributed by atoms with E-state index >= 15 is 0 Å². The van der Waals surface area contributed by atoms with E-state index in [1.807, 2.05) is 18.2 Å². The van der Waals surface area contributed by atoms with E-state index in [4.69, 9.17) is 4.74 Å². The molecule has 0 amide bonds. The molecule has 2 atom stereocenters. The Bertz CT molecular complexity index is 325. The van der Waals surface area contributed by atoms with Crippen molar-refractivity contribution in [3.63, 3.8) is 0 Å². The van der Waals surface area contributed by atoms with Crippen LogP contribution in [0.3, 0.4) is 0 Å². The number of aromatic nitrogens is 1. The first-order chi connectivity index (χ1) is 7.40. The van der Waals surface area contributed by atoms with Crippen molar-refractivity contribution < 1.29 is 4.74 Å². The van der Waals surface area contributed by atoms with Crippen LogP contribution < -0.4 is 10.1 Å². The zero-order valence-corrected chi connectivity index (χ0v) is 11.2. The highest BCUT2D eigenvalue weighted by atomic mass is 35.5. The van der Waals surface area contributed by atoms with Gasteiger partial charge in [0.05, 0.1) is 0 Å². The summed E-state index contributed by atoms with van der Waals surface area (Å²) in [6.45, 7) is 0. The molecule has 2 fully saturated rings. The van der Waals surface area contributed by atoms with Gasteiger partial charge in [-0.15, -0.1) is 24.8 Å². The molecule has 1 aromatic rings. The van der Waals surface area contributed by atoms with Gasteiger partial charge >= 0.3 is 0 Å². The van der Waals surface area contributed by atoms with Crippen LogP contribution >= 0.6 is 24.8 Å². The Hall–Kier alpha value is -0.510. The summed E-state index contributed by atoms with van der Waals surface area (Å²) in [4.78, 5) is 4.20. The van der Waals surface area contributed by atoms with Gasteiger partial charge < -0.3 is 10.1 Å². The summed E-state index contributed by atoms with van der Waals surface area (Å²) in [6.07, 6.45) is 7.03. The minimum Gasteiger partial charge on any atom is -0.474 e. The summed E-state index contributed by atoms with van der Waals surface area (Å²) < 4.78 is 5.88. The predicted molar refractivity (Wildman–Crippen MR) is 72.3 cm³/mol. The minimum atomic E-state index is 0. The zero-order chi connectivity index (χ0) is 10.1. The summed E-state index contributed by atoms with van der Waals surface area (Å²) >= 11 is 0. The molecule has 0 spiro atoms. The lowest BCUT2D eigenvalue weighted by molar-refractivity contribution is 0.132. The Kier molecular flexibility index (Phi) is 5.50. The molecule has 1 aromatic heterocycles. The van der Waals surface area contributed by atoms with Gasteiger partial charge in [-0.1, -0.05) is 6.07 Å². The van der Waals surface area contributed by atoms with Gasteiger partial charge in [0.1, 0.15) is 6.10 Å². The molecule has 0 aromatic carbocycles. The second-order valence-electron chi connectivity index (χ2n) is 4.52. The number of pyridine rings is 1. The van der Waals surface area contributed by atoms with Crippen LogP contribution in [0.5, 0.6) is 5.88 Å². The third-order valence-corrected chi connectivity index (χ3v) is 3.35. The number of nitrogens with zero attached hydrogens (tertiary/aromatic N) is 1. The lowest BCUT2D eigenvalue weighted by atomic mass is 10.0. The average Bonchev–Trinajstić information content (AvgIpc) is 2.60. The maximum Gasteiger partial charge on any atom is 0.213 e. The predicted octanol–water partition coefficient (Wildman–Crippen LogP) is 2.59. The summed E-state index contributed by atoms with van der Waals surface area (Å²) in [6, 6.07) is 7.18. The third kappa shape index (κ3) is 3.47. The number of rotatable bonds is 2. The zero-order valence-electron chi connectivity index (χ0n) is 9.54. The van der Waals surface area contributed by atoms with Crippen molar-refractivity contribution in [2.24, 2.45) is 0 Å². The van der Waals surface area contributed by atoms with E-state index in [1.165, 1.54) is 12.8 Å². The molecule has 0 saturated carbocycles. The molecule has 3 rings (SSSR count). The van der Waals surface area contributed by atoms with Gasteiger partial charge in [0.2, 0.25) is 5.88 Å². The molecule has 0 radical (unpaired) electrons. The highest BCUT2D eigenvalue weighted by molar-refractivity contribution is 5.85. The van der Waals surface area contributed by atoms with Crippen LogP contribution in [0.25, 0.3) is 0 Å². The lowest BCUT2D eigenvalue weighted by Crippen LogP contribution is -2.42. The molecule has 2 aliphatic heterocycles. The quantitative estimate of drug-likeness (QED) is 0.902. The van der Waals surface area contributed by atoms with E-state index in [-0.39, 0.29) is 24.8 Å². The molecule has 2 aliphatic rings. The number of halogens is 2. The summed E-state index contributed by atoms with van der Waals surface area (Å²) in [5.74, 6) is 0.767. The first-order valence-corrected chi connectivity index (χ1v) is 5.74. The largest absolute Gasteiger partial charge is 0.474 e. The Morgan fingerprint density at radius 3 is 2.41 bits per heavy atom. The molecule has 3 heterocycles. The van der Waals surface area contributed by atoms with Crippen molar-refractivity contribution >= 4 is 24.8 Å². The maximum absolute atomic E-state index is 5.88. The van der Waals surface area contributed by atoms with Crippen LogP contribution in [0, 0.1) is 0 Å². The molecule has 2 unspecified atom stereocenters. The van der Waals surface area contributed by atoms with Crippen LogP contribution in [-0.4, -0.2) is 23.2 Å². The monoisotopic (exact) mass is 276 g/mol. The van der Waals surface area contributed by atoms with E-state index < -0.39 is 0 Å². The maximum atomic E-state index is 5.88. The lowest BCUT2D eigenvalue weighted by Gasteiger charge is -2.29. The smallest absolute Gasteiger partial charge is 0.213 e. The van der Waals surface area contributed by atoms with Crippen LogP contribution in [0.1, 0.15) is 25.7 Å². The number of nitrogens with one attached hydrogen (secondary N) is 1. The van der Waals surface area contributed by atoms with Gasteiger partial charge in [0, 0.05) is 24.3 Å². The molecule has 17 heavy (non-hydrogen) atoms. The molecule has 2 saturated heterocycles. The van der Waals surface area contributed by atoms with Crippen molar-refractivity contribution in [3.8, 4) is 5.88 Å². The van der Waals surface area contributed by atoms with E-state index in [2.05, 4.69) is 10.3 Å². The highest BCUT2D eigenvalue weighted by Gasteiger charge is 2.34. The van der Waals surface area contributed by atoms with Crippen LogP contribution in [0.4, 0.5) is 0 Å². The SMILES string of the molecule is Cl.Cl.c1ccc(OC2CC3CCC(C2)N3)nc1. The summed E-state index contributed by atoms with van der Waals surface area (Å²) in [5, 5.41) is 3.61. The van der Waals surface area contributed by atoms with Crippen molar-refractivity contribution in [2.75, 3.05) is 0 Å². The number of hydrogen-bond donors (Lipinski definition) is 1. The van der Waals surface area contributed by atoms with Gasteiger partial charge in [-0.25, -0.2) is 4.98 Å². The first-order valence-electron chi connectivity index (χ1n) is 5.74. The first kappa shape index (κ1) is 14.6. The van der Waals surface area contributed by atoms with Gasteiger partial charge in [0.15, 0.2) is 0 Å². The van der Waals surface area contributed by atoms with E-state index in [0.717, 1.165) is 18.7 Å². The second-order valence-corrected chi connectivity index (χ2v) is 4.52. The standard InChI is InChI=1S/C12H16N2O.2ClH/c1-2-6-13-12(3-1)15-11-7-9-4-5-10(8-11)14-9;;/h1-3,6,9-11,14H,4-5,7-8H2;2*1H. The fourth-order valence-corrected chi connectivity index (χ4v) is 2.69. The highest BCUT2D eigenvalue weighted by Crippen LogP contribution is 2.28. The number of fused-ring (bicyclic) bond motifs is 2. The minimum absolute atomic E-state index is 0. The van der Waals surface area contributed by atoms with Crippen molar-refractivity contribution in [1.82, 2.24) is 10.3 Å². The van der Waals surface area contributed by atoms with Crippen LogP contribution in [0.2, 0.25) is 0 Å². The van der Waals surface area contributed by atoms with Gasteiger partial charge in [0.25, 0.3) is 0 Å². The summed E-state index contributed by atoms with van der Waals surface area (Å²) in [7, 11) is 0. The second kappa shape index (κ2) is 6.43. The van der Waals surface area contributed by atoms with Gasteiger partial charge in [-0.3, -0.25) is 0 Å². The van der Waals surface area contributed by atoms with Gasteiger partial charge in [-0.2, -0.15) is 0 Å². The number of ether oxygens (including phenoxy) is 1. The molecule has 5 heteroatoms. The molecule has 2 bridgehead atoms. The Morgan fingerprint density at radius 1 is 1.12 bits per heavy atom. The molecule has 3 nitrogen and oxygen atoms in total. The normalized spacial score (nSPS) is 30.0. The Morgan fingerprint density at radius 2 is 1.82 bits per heavy atom. The molecule has 96 valence electrons. The van der Waals surface area contributed by atoms with Crippen LogP contribution in [-0.2, 0) is 0 Å². The molecule has 1 N–H and O–H groups in total. The van der Waals surface area contributed by atoms with Crippen molar-refractivity contribution in [1.29, 1.82) is 0 Å². The van der Waals surface area contributed by atoms with E-state index in [1.54, 1.807) is 6.20 Å². The third-order valence-electron chi connectivity index (χ3n) is 3.35. The van der Waals surface area contributed by atoms with Crippen molar-refractivity contribution in [2.45, 2.75) is 43.9 Å². The Labute approximate surface area is 114 Å². The molecular weight excluding hydrogens is 259 g/mol. The molecule has 0 aliphatic carbocycles. The Balaban J connectivity index is 0.000000722. The summed E-state index contributed by atoms with van der Waals surface area (Å²) in [5.41, 5.74) is 0. The van der Waals surface area contributed by atoms with Crippen molar-refractivity contribution in [3.05, 3.63) is 24.4 Å². The van der Waals surface area contributed by atoms with Gasteiger partial charge in [-0.05, 0) is 31.7 Å². The fraction of sp³-hybridized carbons (Fsp3) is 0.583. The average molecular weight is 277 g/mol. The van der Waals surface area contributed by atoms with Crippen LogP contribution in [0.15, 0.2) is 24.4 Å². The number of piperidine rings is 1. The van der Waals surface area contributed by atoms with E-state index in [0.29, 0.717) is 18.2 Å². The molecular formula is C12H18Cl2N2O. The number of hydrogen-bond acceptors (Lipinski definition) is 3.